The van der Waals surface area contributed by atoms with Crippen LogP contribution in [-0.2, 0) is 18.9 Å². The Morgan fingerprint density at radius 3 is 1.00 bits per heavy atom. The van der Waals surface area contributed by atoms with E-state index in [4.69, 9.17) is 48.1 Å². The molecule has 0 fully saturated rings. The normalized spacial score (nSPS) is 11.9. The zero-order chi connectivity index (χ0) is 51.4. The Hall–Kier alpha value is -3.98. The van der Waals surface area contributed by atoms with E-state index in [1.165, 1.54) is 137 Å². The smallest absolute Gasteiger partial charge is 0.137 e. The number of benzene rings is 5. The number of rotatable bonds is 42. The van der Waals surface area contributed by atoms with Gasteiger partial charge < -0.3 is 48.1 Å². The largest absolute Gasteiger partial charge is 0.492 e. The highest BCUT2D eigenvalue weighted by molar-refractivity contribution is 7.26. The topological polar surface area (TPSA) is 114 Å². The molecule has 12 heteroatoms. The molecule has 0 amide bonds. The second-order valence-corrected chi connectivity index (χ2v) is 21.5. The van der Waals surface area contributed by atoms with Crippen molar-refractivity contribution in [2.75, 3.05) is 92.5 Å². The number of ether oxygens (including phenoxy) is 8. The molecule has 0 aliphatic heterocycles. The fourth-order valence-corrected chi connectivity index (χ4v) is 12.6. The van der Waals surface area contributed by atoms with Gasteiger partial charge in [-0.1, -0.05) is 154 Å². The minimum Gasteiger partial charge on any atom is -0.492 e. The van der Waals surface area contributed by atoms with Gasteiger partial charge in [0.2, 0.25) is 0 Å². The lowest BCUT2D eigenvalue weighted by molar-refractivity contribution is 0.0248. The van der Waals surface area contributed by atoms with E-state index in [-0.39, 0.29) is 13.2 Å². The van der Waals surface area contributed by atoms with E-state index in [2.05, 4.69) is 74.5 Å². The highest BCUT2D eigenvalue weighted by Crippen LogP contribution is 2.54. The lowest BCUT2D eigenvalue weighted by Crippen LogP contribution is -2.12. The third-order valence-corrected chi connectivity index (χ3v) is 16.4. The van der Waals surface area contributed by atoms with Crippen molar-refractivity contribution in [1.29, 1.82) is 0 Å². The summed E-state index contributed by atoms with van der Waals surface area (Å²) in [4.78, 5) is 0. The van der Waals surface area contributed by atoms with Gasteiger partial charge in [-0.15, -0.1) is 22.7 Å². The van der Waals surface area contributed by atoms with Gasteiger partial charge in [0, 0.05) is 32.3 Å². The van der Waals surface area contributed by atoms with E-state index in [0.29, 0.717) is 79.3 Å². The molecule has 2 N–H and O–H groups in total. The summed E-state index contributed by atoms with van der Waals surface area (Å²) in [7, 11) is 0. The van der Waals surface area contributed by atoms with Gasteiger partial charge >= 0.3 is 0 Å². The van der Waals surface area contributed by atoms with E-state index < -0.39 is 0 Å². The maximum absolute atomic E-state index is 9.09. The molecule has 0 radical (unpaired) electrons. The summed E-state index contributed by atoms with van der Waals surface area (Å²) in [5.74, 6) is 3.42. The maximum Gasteiger partial charge on any atom is 0.137 e. The molecular formula is C62H86O10S2. The van der Waals surface area contributed by atoms with Crippen molar-refractivity contribution in [3.8, 4) is 23.0 Å². The average molecular weight is 1060 g/mol. The first-order valence-electron chi connectivity index (χ1n) is 28.5. The molecule has 10 nitrogen and oxygen atoms in total. The summed E-state index contributed by atoms with van der Waals surface area (Å²) in [5.41, 5.74) is 0. The molecule has 74 heavy (non-hydrogen) atoms. The fourth-order valence-electron chi connectivity index (χ4n) is 10.1. The van der Waals surface area contributed by atoms with E-state index >= 15 is 0 Å². The Morgan fingerprint density at radius 1 is 0.297 bits per heavy atom. The minimum atomic E-state index is -0.00971. The van der Waals surface area contributed by atoms with Crippen molar-refractivity contribution < 1.29 is 48.1 Å². The van der Waals surface area contributed by atoms with Crippen LogP contribution < -0.4 is 18.9 Å². The molecule has 2 heterocycles. The summed E-state index contributed by atoms with van der Waals surface area (Å²) in [5, 5.41) is 27.5. The van der Waals surface area contributed by atoms with Gasteiger partial charge in [0.05, 0.1) is 98.1 Å². The van der Waals surface area contributed by atoms with Crippen LogP contribution >= 0.6 is 22.7 Å². The van der Waals surface area contributed by atoms with Crippen LogP contribution in [0.25, 0.3) is 61.9 Å². The van der Waals surface area contributed by atoms with Gasteiger partial charge in [0.1, 0.15) is 36.2 Å². The summed E-state index contributed by atoms with van der Waals surface area (Å²) < 4.78 is 53.8. The Balaban J connectivity index is 1.26. The quantitative estimate of drug-likeness (QED) is 0.0218. The minimum absolute atomic E-state index is 0.00910. The number of hydrogen-bond donors (Lipinski definition) is 2. The second-order valence-electron chi connectivity index (χ2n) is 19.5. The summed E-state index contributed by atoms with van der Waals surface area (Å²) in [6.07, 6.45) is 25.6. The predicted octanol–water partition coefficient (Wildman–Crippen LogP) is 16.1. The third kappa shape index (κ3) is 16.5. The first kappa shape index (κ1) is 57.7. The number of aliphatic hydroxyl groups is 2. The lowest BCUT2D eigenvalue weighted by Gasteiger charge is -2.21. The lowest BCUT2D eigenvalue weighted by atomic mass is 9.91. The van der Waals surface area contributed by atoms with Crippen molar-refractivity contribution in [2.24, 2.45) is 0 Å². The molecule has 0 saturated heterocycles. The standard InChI is InChI=1S/C62H86O10S2/c1-3-5-7-9-11-13-15-17-19-21-35-69-51-27-23-25-49-55-56-50-26-24-28-52(71-45-43-67-41-39-65-37-33-63)60(50)74-62-54(72-46-44-68-42-40-66-38-34-64)32-30-48(58(56)62)47-29-31-53(61(57(47)55)73-59(49)51)70-36-22-20-18-16-14-12-10-8-6-4-2/h23-32,63-64H,3-22,33-46H2,1-2H3. The van der Waals surface area contributed by atoms with E-state index in [0.717, 1.165) is 76.2 Å². The average Bonchev–Trinajstić information content (AvgIpc) is 3.46. The molecule has 5 aromatic carbocycles. The van der Waals surface area contributed by atoms with Crippen molar-refractivity contribution in [3.63, 3.8) is 0 Å². The van der Waals surface area contributed by atoms with Crippen molar-refractivity contribution in [1.82, 2.24) is 0 Å². The first-order chi connectivity index (χ1) is 36.7. The van der Waals surface area contributed by atoms with Gasteiger partial charge in [0.25, 0.3) is 0 Å². The van der Waals surface area contributed by atoms with E-state index in [1.807, 2.05) is 0 Å². The molecule has 0 atom stereocenters. The molecule has 0 spiro atoms. The van der Waals surface area contributed by atoms with Crippen molar-refractivity contribution in [3.05, 3.63) is 60.7 Å². The van der Waals surface area contributed by atoms with Crippen LogP contribution in [0.4, 0.5) is 0 Å². The van der Waals surface area contributed by atoms with Gasteiger partial charge in [-0.2, -0.15) is 0 Å². The number of fused-ring (bicyclic) bond motifs is 6. The molecule has 0 aliphatic carbocycles. The molecule has 0 saturated carbocycles. The van der Waals surface area contributed by atoms with Crippen LogP contribution in [0.5, 0.6) is 23.0 Å². The Kier molecular flexibility index (Phi) is 25.9. The molecule has 0 unspecified atom stereocenters. The van der Waals surface area contributed by atoms with Crippen molar-refractivity contribution in [2.45, 2.75) is 142 Å². The van der Waals surface area contributed by atoms with Crippen LogP contribution in [-0.4, -0.2) is 103 Å². The first-order valence-corrected chi connectivity index (χ1v) is 30.1. The van der Waals surface area contributed by atoms with Gasteiger partial charge in [-0.05, 0) is 60.0 Å². The monoisotopic (exact) mass is 1050 g/mol. The molecule has 7 aromatic rings. The Labute approximate surface area is 448 Å². The van der Waals surface area contributed by atoms with Crippen LogP contribution in [0.1, 0.15) is 142 Å². The number of aliphatic hydroxyl groups excluding tert-OH is 2. The summed E-state index contributed by atoms with van der Waals surface area (Å²) in [6.45, 7) is 9.70. The summed E-state index contributed by atoms with van der Waals surface area (Å²) in [6, 6.07) is 21.8. The molecule has 0 aliphatic rings. The molecule has 0 bridgehead atoms. The molecule has 2 aromatic heterocycles. The number of unbranched alkanes of at least 4 members (excludes halogenated alkanes) is 18. The maximum atomic E-state index is 9.09. The zero-order valence-corrected chi connectivity index (χ0v) is 46.4. The van der Waals surface area contributed by atoms with Crippen LogP contribution in [0, 0.1) is 0 Å². The highest BCUT2D eigenvalue weighted by atomic mass is 32.1. The second kappa shape index (κ2) is 33.2. The van der Waals surface area contributed by atoms with Gasteiger partial charge in [-0.25, -0.2) is 0 Å². The fraction of sp³-hybridized carbons (Fsp3) is 0.581. The van der Waals surface area contributed by atoms with Crippen molar-refractivity contribution >= 4 is 84.6 Å². The molecular weight excluding hydrogens is 969 g/mol. The Morgan fingerprint density at radius 2 is 0.622 bits per heavy atom. The van der Waals surface area contributed by atoms with E-state index in [1.54, 1.807) is 22.7 Å². The third-order valence-electron chi connectivity index (χ3n) is 13.9. The van der Waals surface area contributed by atoms with Gasteiger partial charge in [-0.3, -0.25) is 0 Å². The number of hydrogen-bond acceptors (Lipinski definition) is 12. The van der Waals surface area contributed by atoms with Crippen LogP contribution in [0.3, 0.4) is 0 Å². The summed E-state index contributed by atoms with van der Waals surface area (Å²) >= 11 is 3.50. The predicted molar refractivity (Wildman–Crippen MR) is 310 cm³/mol. The molecule has 406 valence electrons. The molecule has 7 rings (SSSR count). The highest BCUT2D eigenvalue weighted by Gasteiger charge is 2.24. The SMILES string of the molecule is CCCCCCCCCCCCOc1cccc2c1sc1c(OCCCCCCCCCCCC)ccc3c4ccc(OCCOCCOCCO)c5sc6c(OCCOCCOCCO)cccc6c(c54)c2c13. The van der Waals surface area contributed by atoms with Gasteiger partial charge in [0.15, 0.2) is 0 Å². The van der Waals surface area contributed by atoms with E-state index in [9.17, 15) is 0 Å². The van der Waals surface area contributed by atoms with Crippen LogP contribution in [0.15, 0.2) is 60.7 Å². The zero-order valence-electron chi connectivity index (χ0n) is 44.8. The van der Waals surface area contributed by atoms with Crippen LogP contribution in [0.2, 0.25) is 0 Å². The Bertz CT molecular complexity index is 2690.